The van der Waals surface area contributed by atoms with E-state index in [0.717, 1.165) is 50.7 Å². The van der Waals surface area contributed by atoms with Crippen LogP contribution in [-0.2, 0) is 9.53 Å². The minimum atomic E-state index is 0. The number of amides is 1. The number of carbonyl (C=O) groups is 1. The van der Waals surface area contributed by atoms with Crippen LogP contribution in [0.15, 0.2) is 16.5 Å². The molecule has 3 atom stereocenters. The lowest BCUT2D eigenvalue weighted by molar-refractivity contribution is -0.128. The Hall–Kier alpha value is -0.790. The Labute approximate surface area is 186 Å². The minimum Gasteiger partial charge on any atom is -0.465 e. The average molecular weight is 448 g/mol. The van der Waals surface area contributed by atoms with Crippen LogP contribution in [0.4, 0.5) is 0 Å². The van der Waals surface area contributed by atoms with Gasteiger partial charge in [0.1, 0.15) is 11.5 Å². The number of hydrogen-bond acceptors (Lipinski definition) is 5. The van der Waals surface area contributed by atoms with Gasteiger partial charge >= 0.3 is 0 Å². The number of nitrogens with two attached hydrogens (primary N) is 1. The number of aryl methyl sites for hydroxylation is 1. The second-order valence-corrected chi connectivity index (χ2v) is 8.55. The van der Waals surface area contributed by atoms with Gasteiger partial charge in [0.25, 0.3) is 0 Å². The highest BCUT2D eigenvalue weighted by Gasteiger charge is 2.40. The molecule has 0 aromatic carbocycles. The number of furan rings is 1. The zero-order valence-electron chi connectivity index (χ0n) is 17.2. The van der Waals surface area contributed by atoms with Gasteiger partial charge in [0.2, 0.25) is 5.91 Å². The van der Waals surface area contributed by atoms with Gasteiger partial charge in [-0.2, -0.15) is 0 Å². The summed E-state index contributed by atoms with van der Waals surface area (Å²) in [7, 11) is 0. The van der Waals surface area contributed by atoms with Gasteiger partial charge in [-0.25, -0.2) is 0 Å². The Balaban J connectivity index is 0.00000150. The summed E-state index contributed by atoms with van der Waals surface area (Å²) in [5.74, 6) is 3.19. The van der Waals surface area contributed by atoms with E-state index in [4.69, 9.17) is 14.9 Å². The van der Waals surface area contributed by atoms with E-state index in [-0.39, 0.29) is 42.7 Å². The largest absolute Gasteiger partial charge is 0.465 e. The van der Waals surface area contributed by atoms with Gasteiger partial charge in [0.05, 0.1) is 19.3 Å². The van der Waals surface area contributed by atoms with Crippen LogP contribution in [0.25, 0.3) is 0 Å². The van der Waals surface area contributed by atoms with Gasteiger partial charge in [-0.1, -0.05) is 6.42 Å². The second-order valence-electron chi connectivity index (χ2n) is 8.55. The van der Waals surface area contributed by atoms with Crippen LogP contribution in [0, 0.1) is 24.7 Å². The van der Waals surface area contributed by atoms with Gasteiger partial charge in [0.15, 0.2) is 0 Å². The van der Waals surface area contributed by atoms with Crippen molar-refractivity contribution < 1.29 is 13.9 Å². The number of nitrogens with one attached hydrogen (secondary N) is 1. The zero-order valence-corrected chi connectivity index (χ0v) is 18.8. The number of hydrogen-bond donors (Lipinski definition) is 2. The van der Waals surface area contributed by atoms with Crippen molar-refractivity contribution in [3.05, 3.63) is 23.7 Å². The Morgan fingerprint density at radius 1 is 1.21 bits per heavy atom. The maximum atomic E-state index is 12.9. The summed E-state index contributed by atoms with van der Waals surface area (Å²) in [6, 6.07) is 4.40. The van der Waals surface area contributed by atoms with Crippen molar-refractivity contribution in [1.82, 2.24) is 10.2 Å². The van der Waals surface area contributed by atoms with Gasteiger partial charge in [-0.15, -0.1) is 24.8 Å². The molecule has 1 aliphatic heterocycles. The Bertz CT molecular complexity index is 637. The first-order valence-corrected chi connectivity index (χ1v) is 10.5. The number of ether oxygens (including phenoxy) is 1. The first-order valence-electron chi connectivity index (χ1n) is 10.5. The fraction of sp³-hybridized carbons (Fsp3) is 0.762. The predicted octanol–water partition coefficient (Wildman–Crippen LogP) is 3.07. The van der Waals surface area contributed by atoms with Gasteiger partial charge in [-0.3, -0.25) is 9.69 Å². The molecule has 2 aliphatic carbocycles. The number of carbonyl (C=O) groups excluding carboxylic acids is 1. The van der Waals surface area contributed by atoms with Crippen molar-refractivity contribution in [1.29, 1.82) is 0 Å². The fourth-order valence-electron chi connectivity index (χ4n) is 5.28. The lowest BCUT2D eigenvalue weighted by atomic mass is 9.65. The molecule has 1 amide bonds. The molecule has 166 valence electrons. The molecule has 1 aromatic heterocycles. The standard InChI is InChI=1S/C21H33N3O3.2ClH/c1-14-5-6-19(27-14)18(24-7-9-26-10-8-24)13-23-21(25)17-11-15-3-2-4-16(12-17)20(15)22;;/h5-6,15-18,20H,2-4,7-13,22H2,1H3,(H,23,25);2*1H. The monoisotopic (exact) mass is 447 g/mol. The molecule has 0 radical (unpaired) electrons. The normalized spacial score (nSPS) is 30.6. The van der Waals surface area contributed by atoms with Crippen LogP contribution in [0.2, 0.25) is 0 Å². The third kappa shape index (κ3) is 5.67. The minimum absolute atomic E-state index is 0. The Morgan fingerprint density at radius 3 is 2.45 bits per heavy atom. The van der Waals surface area contributed by atoms with E-state index >= 15 is 0 Å². The fourth-order valence-corrected chi connectivity index (χ4v) is 5.28. The smallest absolute Gasteiger partial charge is 0.223 e. The predicted molar refractivity (Wildman–Crippen MR) is 118 cm³/mol. The van der Waals surface area contributed by atoms with Crippen LogP contribution in [0.1, 0.15) is 49.7 Å². The Kier molecular flexibility index (Phi) is 9.29. The molecule has 3 N–H and O–H groups in total. The summed E-state index contributed by atoms with van der Waals surface area (Å²) in [5, 5.41) is 3.24. The first-order chi connectivity index (χ1) is 13.1. The summed E-state index contributed by atoms with van der Waals surface area (Å²) < 4.78 is 11.4. The van der Waals surface area contributed by atoms with Gasteiger partial charge in [0, 0.05) is 31.6 Å². The second kappa shape index (κ2) is 11.0. The van der Waals surface area contributed by atoms with Crippen molar-refractivity contribution in [2.45, 2.75) is 51.1 Å². The third-order valence-electron chi connectivity index (χ3n) is 6.83. The summed E-state index contributed by atoms with van der Waals surface area (Å²) in [4.78, 5) is 15.3. The molecule has 29 heavy (non-hydrogen) atoms. The van der Waals surface area contributed by atoms with Crippen LogP contribution in [0.3, 0.4) is 0 Å². The molecular formula is C21H35Cl2N3O3. The van der Waals surface area contributed by atoms with E-state index in [1.54, 1.807) is 0 Å². The molecule has 6 nitrogen and oxygen atoms in total. The number of morpholine rings is 1. The number of rotatable bonds is 5. The van der Waals surface area contributed by atoms with E-state index in [9.17, 15) is 4.79 Å². The van der Waals surface area contributed by atoms with Crippen LogP contribution in [-0.4, -0.2) is 49.7 Å². The molecule has 1 saturated heterocycles. The van der Waals surface area contributed by atoms with Gasteiger partial charge in [-0.05, 0) is 56.6 Å². The lowest BCUT2D eigenvalue weighted by Crippen LogP contribution is -2.50. The summed E-state index contributed by atoms with van der Waals surface area (Å²) in [6.45, 7) is 5.74. The quantitative estimate of drug-likeness (QED) is 0.724. The highest BCUT2D eigenvalue weighted by molar-refractivity contribution is 5.85. The molecular weight excluding hydrogens is 413 g/mol. The van der Waals surface area contributed by atoms with Gasteiger partial charge < -0.3 is 20.2 Å². The maximum Gasteiger partial charge on any atom is 0.223 e. The van der Waals surface area contributed by atoms with E-state index in [0.29, 0.717) is 24.4 Å². The van der Waals surface area contributed by atoms with E-state index in [1.807, 2.05) is 19.1 Å². The first kappa shape index (κ1) is 24.5. The molecule has 3 aliphatic rings. The highest BCUT2D eigenvalue weighted by atomic mass is 35.5. The van der Waals surface area contributed by atoms with Crippen LogP contribution < -0.4 is 11.1 Å². The number of nitrogens with zero attached hydrogens (tertiary/aromatic N) is 1. The van der Waals surface area contributed by atoms with Crippen LogP contribution >= 0.6 is 24.8 Å². The lowest BCUT2D eigenvalue weighted by Gasteiger charge is -2.43. The zero-order chi connectivity index (χ0) is 18.8. The Morgan fingerprint density at radius 2 is 1.86 bits per heavy atom. The summed E-state index contributed by atoms with van der Waals surface area (Å²) in [6.07, 6.45) is 5.54. The number of fused-ring (bicyclic) bond motifs is 2. The molecule has 3 unspecified atom stereocenters. The van der Waals surface area contributed by atoms with E-state index < -0.39 is 0 Å². The number of halogens is 2. The van der Waals surface area contributed by atoms with Crippen molar-refractivity contribution in [3.8, 4) is 0 Å². The summed E-state index contributed by atoms with van der Waals surface area (Å²) in [5.41, 5.74) is 6.38. The van der Waals surface area contributed by atoms with Crippen molar-refractivity contribution >= 4 is 30.7 Å². The molecule has 2 saturated carbocycles. The highest BCUT2D eigenvalue weighted by Crippen LogP contribution is 2.42. The maximum absolute atomic E-state index is 12.9. The topological polar surface area (TPSA) is 80.7 Å². The summed E-state index contributed by atoms with van der Waals surface area (Å²) >= 11 is 0. The molecule has 0 spiro atoms. The molecule has 2 heterocycles. The molecule has 3 fully saturated rings. The SMILES string of the molecule is Cc1ccc(C(CNC(=O)C2CC3CCCC(C2)C3N)N2CCOCC2)o1.Cl.Cl. The molecule has 2 bridgehead atoms. The molecule has 1 aromatic rings. The van der Waals surface area contributed by atoms with Crippen molar-refractivity contribution in [3.63, 3.8) is 0 Å². The van der Waals surface area contributed by atoms with E-state index in [1.165, 1.54) is 19.3 Å². The van der Waals surface area contributed by atoms with Crippen molar-refractivity contribution in [2.75, 3.05) is 32.8 Å². The van der Waals surface area contributed by atoms with Crippen LogP contribution in [0.5, 0.6) is 0 Å². The van der Waals surface area contributed by atoms with E-state index in [2.05, 4.69) is 10.2 Å². The van der Waals surface area contributed by atoms with Crippen molar-refractivity contribution in [2.24, 2.45) is 23.5 Å². The third-order valence-corrected chi connectivity index (χ3v) is 6.83. The average Bonchev–Trinajstić information content (AvgIpc) is 3.08. The molecule has 8 heteroatoms. The molecule has 4 rings (SSSR count).